The summed E-state index contributed by atoms with van der Waals surface area (Å²) in [4.78, 5) is 35.8. The fourth-order valence-electron chi connectivity index (χ4n) is 4.52. The molecule has 3 aromatic rings. The van der Waals surface area contributed by atoms with Gasteiger partial charge < -0.3 is 29.7 Å². The lowest BCUT2D eigenvalue weighted by atomic mass is 9.91. The molecule has 5 atom stereocenters. The Kier molecular flexibility index (Phi) is 10.2. The van der Waals surface area contributed by atoms with E-state index in [1.807, 2.05) is 37.3 Å². The molecule has 1 aliphatic rings. The normalized spacial score (nSPS) is 21.1. The van der Waals surface area contributed by atoms with Gasteiger partial charge in [-0.2, -0.15) is 0 Å². The monoisotopic (exact) mass is 579 g/mol. The van der Waals surface area contributed by atoms with E-state index in [1.54, 1.807) is 42.5 Å². The van der Waals surface area contributed by atoms with Crippen molar-refractivity contribution in [3.63, 3.8) is 0 Å². The van der Waals surface area contributed by atoms with Gasteiger partial charge >= 0.3 is 11.9 Å². The molecule has 0 spiro atoms. The number of aliphatic hydroxyl groups excluding tert-OH is 1. The quantitative estimate of drug-likeness (QED) is 0.215. The smallest absolute Gasteiger partial charge is 0.336 e. The average molecular weight is 580 g/mol. The minimum atomic E-state index is -0.983. The van der Waals surface area contributed by atoms with Gasteiger partial charge in [-0.15, -0.1) is 11.8 Å². The first kappa shape index (κ1) is 30.3. The van der Waals surface area contributed by atoms with E-state index in [-0.39, 0.29) is 30.3 Å². The summed E-state index contributed by atoms with van der Waals surface area (Å²) in [6, 6.07) is 21.5. The van der Waals surface area contributed by atoms with Gasteiger partial charge in [-0.05, 0) is 42.3 Å². The third-order valence-corrected chi connectivity index (χ3v) is 7.97. The SMILES string of the molecule is CC(=O)O[C@@H](C)C(=O)Nc1ccc([C@H]2O[C@@H](CSc3ccccc3C(=O)O)[C@@H](C)[C@@H](c3ccc(CO)cc3)O2)cc1. The molecular formula is C31H33NO8S. The molecular weight excluding hydrogens is 546 g/mol. The van der Waals surface area contributed by atoms with Gasteiger partial charge in [0.25, 0.3) is 5.91 Å². The molecule has 10 heteroatoms. The van der Waals surface area contributed by atoms with Crippen LogP contribution in [-0.2, 0) is 30.4 Å². The van der Waals surface area contributed by atoms with Gasteiger partial charge in [-0.1, -0.05) is 55.5 Å². The molecule has 0 aliphatic carbocycles. The zero-order valence-corrected chi connectivity index (χ0v) is 23.8. The Balaban J connectivity index is 1.54. The number of carbonyl (C=O) groups excluding carboxylic acids is 2. The van der Waals surface area contributed by atoms with Crippen LogP contribution in [0, 0.1) is 5.92 Å². The molecule has 1 heterocycles. The van der Waals surface area contributed by atoms with Crippen LogP contribution in [0.25, 0.3) is 0 Å². The minimum Gasteiger partial charge on any atom is -0.478 e. The Bertz CT molecular complexity index is 1360. The summed E-state index contributed by atoms with van der Waals surface area (Å²) in [5.41, 5.74) is 3.23. The summed E-state index contributed by atoms with van der Waals surface area (Å²) in [5, 5.41) is 21.8. The molecule has 0 radical (unpaired) electrons. The largest absolute Gasteiger partial charge is 0.478 e. The number of esters is 1. The molecule has 3 N–H and O–H groups in total. The molecule has 1 saturated heterocycles. The lowest BCUT2D eigenvalue weighted by molar-refractivity contribution is -0.268. The van der Waals surface area contributed by atoms with E-state index in [2.05, 4.69) is 5.32 Å². The van der Waals surface area contributed by atoms with Crippen molar-refractivity contribution in [2.75, 3.05) is 11.1 Å². The van der Waals surface area contributed by atoms with Crippen LogP contribution in [0.5, 0.6) is 0 Å². The first-order valence-electron chi connectivity index (χ1n) is 13.2. The van der Waals surface area contributed by atoms with E-state index in [0.29, 0.717) is 16.3 Å². The fourth-order valence-corrected chi connectivity index (χ4v) is 5.73. The van der Waals surface area contributed by atoms with Crippen molar-refractivity contribution in [2.24, 2.45) is 5.92 Å². The molecule has 3 aromatic carbocycles. The Morgan fingerprint density at radius 1 is 0.976 bits per heavy atom. The summed E-state index contributed by atoms with van der Waals surface area (Å²) < 4.78 is 17.8. The van der Waals surface area contributed by atoms with Crippen LogP contribution in [0.15, 0.2) is 77.7 Å². The number of carboxylic acids is 1. The minimum absolute atomic E-state index is 0.0577. The zero-order chi connectivity index (χ0) is 29.5. The second kappa shape index (κ2) is 13.8. The number of aliphatic hydroxyl groups is 1. The number of nitrogens with one attached hydrogen (secondary N) is 1. The maximum Gasteiger partial charge on any atom is 0.336 e. The molecule has 0 bridgehead atoms. The predicted molar refractivity (Wildman–Crippen MR) is 153 cm³/mol. The maximum atomic E-state index is 12.3. The van der Waals surface area contributed by atoms with E-state index >= 15 is 0 Å². The first-order valence-corrected chi connectivity index (χ1v) is 14.2. The summed E-state index contributed by atoms with van der Waals surface area (Å²) in [6.45, 7) is 4.72. The molecule has 216 valence electrons. The average Bonchev–Trinajstić information content (AvgIpc) is 2.97. The number of hydrogen-bond donors (Lipinski definition) is 3. The molecule has 1 aliphatic heterocycles. The van der Waals surface area contributed by atoms with E-state index in [4.69, 9.17) is 14.2 Å². The number of hydrogen-bond acceptors (Lipinski definition) is 8. The van der Waals surface area contributed by atoms with Gasteiger partial charge in [0.15, 0.2) is 12.4 Å². The topological polar surface area (TPSA) is 131 Å². The third kappa shape index (κ3) is 7.74. The van der Waals surface area contributed by atoms with Crippen molar-refractivity contribution >= 4 is 35.3 Å². The predicted octanol–water partition coefficient (Wildman–Crippen LogP) is 5.35. The lowest BCUT2D eigenvalue weighted by Gasteiger charge is -2.41. The Labute approximate surface area is 242 Å². The van der Waals surface area contributed by atoms with Gasteiger partial charge in [-0.25, -0.2) is 4.79 Å². The molecule has 0 aromatic heterocycles. The highest BCUT2D eigenvalue weighted by Gasteiger charge is 2.38. The van der Waals surface area contributed by atoms with Gasteiger partial charge in [0.2, 0.25) is 0 Å². The number of carbonyl (C=O) groups is 3. The number of ether oxygens (including phenoxy) is 3. The highest BCUT2D eigenvalue weighted by molar-refractivity contribution is 7.99. The van der Waals surface area contributed by atoms with Crippen molar-refractivity contribution in [1.29, 1.82) is 0 Å². The van der Waals surface area contributed by atoms with Crippen LogP contribution in [-0.4, -0.2) is 46.0 Å². The summed E-state index contributed by atoms with van der Waals surface area (Å²) in [7, 11) is 0. The van der Waals surface area contributed by atoms with Crippen molar-refractivity contribution in [2.45, 2.75) is 56.9 Å². The van der Waals surface area contributed by atoms with Gasteiger partial charge in [-0.3, -0.25) is 9.59 Å². The van der Waals surface area contributed by atoms with Crippen LogP contribution < -0.4 is 5.32 Å². The van der Waals surface area contributed by atoms with Gasteiger partial charge in [0.05, 0.1) is 24.4 Å². The molecule has 1 amide bonds. The molecule has 9 nitrogen and oxygen atoms in total. The molecule has 4 rings (SSSR count). The van der Waals surface area contributed by atoms with Crippen molar-refractivity contribution in [1.82, 2.24) is 0 Å². The fraction of sp³-hybridized carbons (Fsp3) is 0.323. The van der Waals surface area contributed by atoms with E-state index in [0.717, 1.165) is 16.7 Å². The Morgan fingerprint density at radius 2 is 1.63 bits per heavy atom. The Hall–Kier alpha value is -3.70. The third-order valence-electron chi connectivity index (χ3n) is 6.81. The second-order valence-electron chi connectivity index (χ2n) is 9.80. The van der Waals surface area contributed by atoms with Crippen LogP contribution in [0.2, 0.25) is 0 Å². The summed E-state index contributed by atoms with van der Waals surface area (Å²) in [5.74, 6) is -1.54. The van der Waals surface area contributed by atoms with Crippen LogP contribution in [0.4, 0.5) is 5.69 Å². The standard InChI is InChI=1S/C31H33NO8S/c1-18-26(17-41-27-7-5-4-6-25(27)30(36)37)39-31(40-28(18)22-10-8-21(16-33)9-11-22)23-12-14-24(15-13-23)32-29(35)19(2)38-20(3)34/h4-15,18-19,26,28,31,33H,16-17H2,1-3H3,(H,32,35)(H,36,37)/t18-,19+,26+,28+,31+/m1/s1. The number of thioether (sulfide) groups is 1. The van der Waals surface area contributed by atoms with Crippen LogP contribution in [0.3, 0.4) is 0 Å². The highest BCUT2D eigenvalue weighted by Crippen LogP contribution is 2.43. The number of anilines is 1. The number of amides is 1. The van der Waals surface area contributed by atoms with E-state index in [1.165, 1.54) is 25.6 Å². The molecule has 41 heavy (non-hydrogen) atoms. The van der Waals surface area contributed by atoms with Gasteiger partial charge in [0, 0.05) is 34.7 Å². The lowest BCUT2D eigenvalue weighted by Crippen LogP contribution is -2.38. The van der Waals surface area contributed by atoms with Crippen molar-refractivity contribution < 1.29 is 38.8 Å². The van der Waals surface area contributed by atoms with Crippen LogP contribution >= 0.6 is 11.8 Å². The highest BCUT2D eigenvalue weighted by atomic mass is 32.2. The van der Waals surface area contributed by atoms with E-state index < -0.39 is 30.2 Å². The second-order valence-corrected chi connectivity index (χ2v) is 10.9. The number of benzene rings is 3. The number of aromatic carboxylic acids is 1. The van der Waals surface area contributed by atoms with E-state index in [9.17, 15) is 24.6 Å². The summed E-state index contributed by atoms with van der Waals surface area (Å²) in [6.07, 6.45) is -2.27. The number of rotatable bonds is 10. The van der Waals surface area contributed by atoms with Gasteiger partial charge in [0.1, 0.15) is 0 Å². The first-order chi connectivity index (χ1) is 19.7. The Morgan fingerprint density at radius 3 is 2.27 bits per heavy atom. The molecule has 0 saturated carbocycles. The molecule has 0 unspecified atom stereocenters. The van der Waals surface area contributed by atoms with Crippen molar-refractivity contribution in [3.05, 3.63) is 95.1 Å². The zero-order valence-electron chi connectivity index (χ0n) is 23.0. The molecule has 1 fully saturated rings. The van der Waals surface area contributed by atoms with Crippen LogP contribution in [0.1, 0.15) is 60.2 Å². The van der Waals surface area contributed by atoms with Crippen molar-refractivity contribution in [3.8, 4) is 0 Å². The number of carboxylic acid groups (broad SMARTS) is 1. The summed E-state index contributed by atoms with van der Waals surface area (Å²) >= 11 is 1.42. The maximum absolute atomic E-state index is 12.3.